The molecule has 0 bridgehead atoms. The van der Waals surface area contributed by atoms with Crippen molar-refractivity contribution in [3.8, 4) is 5.75 Å². The molecule has 0 amide bonds. The molecule has 0 unspecified atom stereocenters. The third kappa shape index (κ3) is 3.65. The number of rotatable bonds is 5. The number of anilines is 1. The molecule has 2 N–H and O–H groups in total. The number of benzene rings is 2. The minimum atomic E-state index is 0.665. The lowest BCUT2D eigenvalue weighted by Gasteiger charge is -2.19. The lowest BCUT2D eigenvalue weighted by atomic mass is 10.1. The number of ether oxygens (including phenoxy) is 1. The van der Waals surface area contributed by atoms with Crippen LogP contribution in [0.2, 0.25) is 5.02 Å². The third-order valence-corrected chi connectivity index (χ3v) is 3.42. The second-order valence-electron chi connectivity index (χ2n) is 4.83. The second-order valence-corrected chi connectivity index (χ2v) is 5.26. The highest BCUT2D eigenvalue weighted by molar-refractivity contribution is 6.30. The van der Waals surface area contributed by atoms with Gasteiger partial charge in [-0.25, -0.2) is 0 Å². The van der Waals surface area contributed by atoms with E-state index >= 15 is 0 Å². The molecule has 0 aliphatic carbocycles. The summed E-state index contributed by atoms with van der Waals surface area (Å²) in [5.74, 6) is 0.906. The fourth-order valence-corrected chi connectivity index (χ4v) is 2.36. The molecular weight excluding hydrogens is 272 g/mol. The van der Waals surface area contributed by atoms with Crippen LogP contribution in [0.5, 0.6) is 5.75 Å². The first-order valence-electron chi connectivity index (χ1n) is 6.44. The van der Waals surface area contributed by atoms with Gasteiger partial charge in [0.1, 0.15) is 5.75 Å². The van der Waals surface area contributed by atoms with Gasteiger partial charge < -0.3 is 10.5 Å². The van der Waals surface area contributed by atoms with Gasteiger partial charge in [0.2, 0.25) is 0 Å². The highest BCUT2D eigenvalue weighted by Crippen LogP contribution is 2.22. The Kier molecular flexibility index (Phi) is 4.88. The van der Waals surface area contributed by atoms with E-state index in [9.17, 15) is 0 Å². The molecule has 0 aliphatic heterocycles. The van der Waals surface area contributed by atoms with E-state index < -0.39 is 0 Å². The molecule has 0 aliphatic rings. The molecule has 0 atom stereocenters. The number of nitrogen functional groups attached to an aromatic ring is 1. The zero-order valence-corrected chi connectivity index (χ0v) is 12.5. The van der Waals surface area contributed by atoms with Crippen molar-refractivity contribution < 1.29 is 4.74 Å². The van der Waals surface area contributed by atoms with Crippen LogP contribution >= 0.6 is 11.6 Å². The number of nitrogens with zero attached hydrogens (tertiary/aromatic N) is 1. The summed E-state index contributed by atoms with van der Waals surface area (Å²) < 4.78 is 5.37. The van der Waals surface area contributed by atoms with Crippen molar-refractivity contribution in [2.24, 2.45) is 0 Å². The van der Waals surface area contributed by atoms with Gasteiger partial charge >= 0.3 is 0 Å². The van der Waals surface area contributed by atoms with Crippen molar-refractivity contribution in [3.05, 3.63) is 58.6 Å². The van der Waals surface area contributed by atoms with Gasteiger partial charge in [-0.2, -0.15) is 0 Å². The van der Waals surface area contributed by atoms with Gasteiger partial charge in [-0.05, 0) is 30.8 Å². The number of hydrogen-bond acceptors (Lipinski definition) is 3. The molecule has 0 radical (unpaired) electrons. The highest BCUT2D eigenvalue weighted by Gasteiger charge is 2.08. The molecule has 0 heterocycles. The zero-order chi connectivity index (χ0) is 14.5. The molecular formula is C16H19ClN2O. The highest BCUT2D eigenvalue weighted by atomic mass is 35.5. The fourth-order valence-electron chi connectivity index (χ4n) is 2.18. The first-order valence-corrected chi connectivity index (χ1v) is 6.82. The van der Waals surface area contributed by atoms with E-state index in [1.54, 1.807) is 13.2 Å². The van der Waals surface area contributed by atoms with Crippen LogP contribution in [0.15, 0.2) is 42.5 Å². The van der Waals surface area contributed by atoms with Gasteiger partial charge in [0.25, 0.3) is 0 Å². The quantitative estimate of drug-likeness (QED) is 0.856. The minimum absolute atomic E-state index is 0.665. The lowest BCUT2D eigenvalue weighted by Crippen LogP contribution is -2.18. The van der Waals surface area contributed by atoms with Crippen molar-refractivity contribution in [2.45, 2.75) is 13.1 Å². The first-order chi connectivity index (χ1) is 9.60. The van der Waals surface area contributed by atoms with Crippen molar-refractivity contribution in [1.82, 2.24) is 4.90 Å². The van der Waals surface area contributed by atoms with E-state index in [0.717, 1.165) is 35.7 Å². The number of hydrogen-bond donors (Lipinski definition) is 1. The Bertz CT molecular complexity index is 586. The second kappa shape index (κ2) is 6.64. The van der Waals surface area contributed by atoms with Crippen molar-refractivity contribution >= 4 is 17.3 Å². The Balaban J connectivity index is 2.07. The van der Waals surface area contributed by atoms with E-state index in [-0.39, 0.29) is 0 Å². The molecule has 3 nitrogen and oxygen atoms in total. The Morgan fingerprint density at radius 1 is 1.10 bits per heavy atom. The smallest absolute Gasteiger partial charge is 0.123 e. The Hall–Kier alpha value is -1.71. The lowest BCUT2D eigenvalue weighted by molar-refractivity contribution is 0.310. The van der Waals surface area contributed by atoms with Crippen LogP contribution in [0.4, 0.5) is 5.69 Å². The topological polar surface area (TPSA) is 38.5 Å². The molecule has 2 rings (SSSR count). The van der Waals surface area contributed by atoms with Crippen LogP contribution in [0.25, 0.3) is 0 Å². The largest absolute Gasteiger partial charge is 0.496 e. The average Bonchev–Trinajstić information content (AvgIpc) is 2.42. The predicted molar refractivity (Wildman–Crippen MR) is 84.0 cm³/mol. The van der Waals surface area contributed by atoms with Gasteiger partial charge in [0.05, 0.1) is 7.11 Å². The van der Waals surface area contributed by atoms with E-state index in [4.69, 9.17) is 22.1 Å². The van der Waals surface area contributed by atoms with Crippen molar-refractivity contribution in [1.29, 1.82) is 0 Å². The van der Waals surface area contributed by atoms with Crippen LogP contribution in [-0.2, 0) is 13.1 Å². The maximum atomic E-state index is 5.98. The summed E-state index contributed by atoms with van der Waals surface area (Å²) in [5, 5.41) is 0.665. The first kappa shape index (κ1) is 14.7. The number of halogens is 1. The maximum Gasteiger partial charge on any atom is 0.123 e. The Morgan fingerprint density at radius 3 is 2.50 bits per heavy atom. The maximum absolute atomic E-state index is 5.98. The molecule has 4 heteroatoms. The summed E-state index contributed by atoms with van der Waals surface area (Å²) in [7, 11) is 3.75. The number of para-hydroxylation sites is 1. The van der Waals surface area contributed by atoms with Crippen LogP contribution < -0.4 is 10.5 Å². The Labute approximate surface area is 124 Å². The van der Waals surface area contributed by atoms with Crippen molar-refractivity contribution in [2.75, 3.05) is 19.9 Å². The van der Waals surface area contributed by atoms with E-state index in [0.29, 0.717) is 5.02 Å². The van der Waals surface area contributed by atoms with Crippen LogP contribution in [0.1, 0.15) is 11.1 Å². The van der Waals surface area contributed by atoms with E-state index in [2.05, 4.69) is 18.0 Å². The summed E-state index contributed by atoms with van der Waals surface area (Å²) in [6.07, 6.45) is 0. The van der Waals surface area contributed by atoms with Crippen LogP contribution in [-0.4, -0.2) is 19.1 Å². The standard InChI is InChI=1S/C16H19ClN2O/c1-19(10-12-7-8-14(17)9-15(12)18)11-13-5-3-4-6-16(13)20-2/h3-9H,10-11,18H2,1-2H3. The molecule has 106 valence electrons. The third-order valence-electron chi connectivity index (χ3n) is 3.18. The Morgan fingerprint density at radius 2 is 1.80 bits per heavy atom. The van der Waals surface area contributed by atoms with Gasteiger partial charge in [0.15, 0.2) is 0 Å². The molecule has 0 saturated carbocycles. The predicted octanol–water partition coefficient (Wildman–Crippen LogP) is 3.56. The molecule has 20 heavy (non-hydrogen) atoms. The van der Waals surface area contributed by atoms with Crippen LogP contribution in [0.3, 0.4) is 0 Å². The van der Waals surface area contributed by atoms with Gasteiger partial charge in [-0.1, -0.05) is 35.9 Å². The monoisotopic (exact) mass is 290 g/mol. The molecule has 2 aromatic rings. The SMILES string of the molecule is COc1ccccc1CN(C)Cc1ccc(Cl)cc1N. The molecule has 2 aromatic carbocycles. The van der Waals surface area contributed by atoms with E-state index in [1.807, 2.05) is 30.3 Å². The van der Waals surface area contributed by atoms with Gasteiger partial charge in [-0.15, -0.1) is 0 Å². The molecule has 0 fully saturated rings. The summed E-state index contributed by atoms with van der Waals surface area (Å²) in [4.78, 5) is 2.19. The van der Waals surface area contributed by atoms with Crippen molar-refractivity contribution in [3.63, 3.8) is 0 Å². The minimum Gasteiger partial charge on any atom is -0.496 e. The number of nitrogens with two attached hydrogens (primary N) is 1. The summed E-state index contributed by atoms with van der Waals surface area (Å²) in [5.41, 5.74) is 8.94. The average molecular weight is 291 g/mol. The van der Waals surface area contributed by atoms with Gasteiger partial charge in [0, 0.05) is 29.4 Å². The van der Waals surface area contributed by atoms with Gasteiger partial charge in [-0.3, -0.25) is 4.90 Å². The summed E-state index contributed by atoms with van der Waals surface area (Å²) in [6.45, 7) is 1.56. The normalized spacial score (nSPS) is 10.8. The summed E-state index contributed by atoms with van der Waals surface area (Å²) in [6, 6.07) is 13.6. The van der Waals surface area contributed by atoms with Crippen LogP contribution in [0, 0.1) is 0 Å². The fraction of sp³-hybridized carbons (Fsp3) is 0.250. The zero-order valence-electron chi connectivity index (χ0n) is 11.8. The van der Waals surface area contributed by atoms with E-state index in [1.165, 1.54) is 0 Å². The summed E-state index contributed by atoms with van der Waals surface area (Å²) >= 11 is 5.91. The molecule has 0 spiro atoms. The number of methoxy groups -OCH3 is 1. The molecule has 0 aromatic heterocycles. The molecule has 0 saturated heterocycles.